The summed E-state index contributed by atoms with van der Waals surface area (Å²) in [5.74, 6) is 0.178. The number of benzene rings is 1. The van der Waals surface area contributed by atoms with E-state index in [9.17, 15) is 4.79 Å². The topological polar surface area (TPSA) is 101 Å². The summed E-state index contributed by atoms with van der Waals surface area (Å²) >= 11 is 3.54. The van der Waals surface area contributed by atoms with E-state index in [4.69, 9.17) is 0 Å². The summed E-state index contributed by atoms with van der Waals surface area (Å²) in [6.45, 7) is 4.34. The van der Waals surface area contributed by atoms with Crippen LogP contribution in [0.15, 0.2) is 83.7 Å². The number of carbonyl (C=O) groups is 1. The van der Waals surface area contributed by atoms with Gasteiger partial charge in [-0.3, -0.25) is 19.5 Å². The minimum atomic E-state index is -0.0644. The van der Waals surface area contributed by atoms with E-state index >= 15 is 0 Å². The molecule has 5 N–H and O–H groups in total. The largest absolute Gasteiger partial charge is 0.358 e. The van der Waals surface area contributed by atoms with E-state index in [1.807, 2.05) is 49.4 Å². The monoisotopic (exact) mass is 441 g/mol. The highest BCUT2D eigenvalue weighted by molar-refractivity contribution is 7.78. The van der Waals surface area contributed by atoms with E-state index < -0.39 is 0 Å². The van der Waals surface area contributed by atoms with Crippen LogP contribution in [0.5, 0.6) is 0 Å². The number of allylic oxidation sites excluding steroid dienone is 4. The number of aliphatic imine (C=N–C) groups is 1. The first-order valence-corrected chi connectivity index (χ1v) is 10.3. The molecule has 1 unspecified atom stereocenters. The van der Waals surface area contributed by atoms with Gasteiger partial charge in [-0.15, -0.1) is 0 Å². The number of hydrogen-bond donors (Lipinski definition) is 4. The van der Waals surface area contributed by atoms with Gasteiger partial charge in [0.25, 0.3) is 0 Å². The Labute approximate surface area is 192 Å². The molecule has 6 nitrogen and oxygen atoms in total. The first-order chi connectivity index (χ1) is 14.5. The smallest absolute Gasteiger partial charge is 0.241 e. The highest BCUT2D eigenvalue weighted by atomic mass is 32.1. The molecule has 3 rings (SSSR count). The van der Waals surface area contributed by atoms with Crippen molar-refractivity contribution in [2.45, 2.75) is 20.3 Å². The van der Waals surface area contributed by atoms with Crippen LogP contribution in [0.25, 0.3) is 0 Å². The number of amides is 1. The Hall–Kier alpha value is -2.74. The summed E-state index contributed by atoms with van der Waals surface area (Å²) in [6, 6.07) is 14.0. The second-order valence-electron chi connectivity index (χ2n) is 6.70. The summed E-state index contributed by atoms with van der Waals surface area (Å²) in [5, 5.41) is 2.61. The zero-order chi connectivity index (χ0) is 22.2. The standard InChI is InChI=1S/C17H20N2O.C6H7N.CH5NS.H3N/c1-13-7-6-10-15(11-13)17(19-12-16(20)18-2)14-8-4-3-5-9-14;1-6-2-4-7-5-3-6;1-2-3;/h3-10,15H,11-12H2,1-2H3,(H,18,20);2-5H,1H3;2-3H,1H3;1H3. The summed E-state index contributed by atoms with van der Waals surface area (Å²) < 4.78 is 2.44. The van der Waals surface area contributed by atoms with E-state index in [1.165, 1.54) is 11.1 Å². The molecule has 168 valence electrons. The summed E-state index contributed by atoms with van der Waals surface area (Å²) in [5.41, 5.74) is 4.66. The fourth-order valence-corrected chi connectivity index (χ4v) is 2.72. The van der Waals surface area contributed by atoms with E-state index in [2.05, 4.69) is 58.0 Å². The number of hydrogen-bond acceptors (Lipinski definition) is 6. The van der Waals surface area contributed by atoms with E-state index in [0.29, 0.717) is 0 Å². The normalized spacial score (nSPS) is 14.5. The summed E-state index contributed by atoms with van der Waals surface area (Å²) in [7, 11) is 3.37. The molecule has 0 aliphatic heterocycles. The van der Waals surface area contributed by atoms with E-state index in [0.717, 1.165) is 17.7 Å². The number of aromatic nitrogens is 1. The van der Waals surface area contributed by atoms with Crippen molar-refractivity contribution < 1.29 is 4.79 Å². The molecule has 0 spiro atoms. The van der Waals surface area contributed by atoms with Crippen LogP contribution in [-0.4, -0.2) is 37.2 Å². The average Bonchev–Trinajstić information content (AvgIpc) is 2.76. The number of likely N-dealkylation sites (N-methyl/N-ethyl adjacent to an activating group) is 1. The highest BCUT2D eigenvalue weighted by Crippen LogP contribution is 2.23. The highest BCUT2D eigenvalue weighted by Gasteiger charge is 2.17. The Kier molecular flexibility index (Phi) is 15.5. The van der Waals surface area contributed by atoms with Crippen molar-refractivity contribution >= 4 is 24.4 Å². The number of nitrogens with one attached hydrogen (secondary N) is 2. The van der Waals surface area contributed by atoms with Crippen molar-refractivity contribution in [1.29, 1.82) is 0 Å². The average molecular weight is 442 g/mol. The van der Waals surface area contributed by atoms with Crippen molar-refractivity contribution in [2.75, 3.05) is 20.6 Å². The fraction of sp³-hybridized carbons (Fsp3) is 0.292. The van der Waals surface area contributed by atoms with Crippen LogP contribution < -0.4 is 16.2 Å². The molecule has 7 heteroatoms. The lowest BCUT2D eigenvalue weighted by molar-refractivity contribution is -0.119. The van der Waals surface area contributed by atoms with E-state index in [-0.39, 0.29) is 24.5 Å². The van der Waals surface area contributed by atoms with Crippen molar-refractivity contribution in [3.63, 3.8) is 0 Å². The number of aryl methyl sites for hydroxylation is 1. The van der Waals surface area contributed by atoms with Gasteiger partial charge >= 0.3 is 0 Å². The van der Waals surface area contributed by atoms with Crippen LogP contribution in [0.1, 0.15) is 24.5 Å². The Bertz CT molecular complexity index is 836. The number of nitrogens with zero attached hydrogens (tertiary/aromatic N) is 2. The first kappa shape index (κ1) is 28.3. The first-order valence-electron chi connectivity index (χ1n) is 9.83. The predicted molar refractivity (Wildman–Crippen MR) is 135 cm³/mol. The van der Waals surface area contributed by atoms with Gasteiger partial charge in [0.2, 0.25) is 5.91 Å². The van der Waals surface area contributed by atoms with Crippen molar-refractivity contribution in [1.82, 2.24) is 21.2 Å². The fourth-order valence-electron chi connectivity index (χ4n) is 2.72. The van der Waals surface area contributed by atoms with Crippen LogP contribution in [0.4, 0.5) is 0 Å². The van der Waals surface area contributed by atoms with Gasteiger partial charge in [0.1, 0.15) is 6.54 Å². The lowest BCUT2D eigenvalue weighted by Gasteiger charge is -2.19. The zero-order valence-corrected chi connectivity index (χ0v) is 19.8. The minimum Gasteiger partial charge on any atom is -0.358 e. The van der Waals surface area contributed by atoms with Crippen LogP contribution in [0.3, 0.4) is 0 Å². The third-order valence-electron chi connectivity index (χ3n) is 4.21. The van der Waals surface area contributed by atoms with Gasteiger partial charge in [-0.1, -0.05) is 66.9 Å². The molecule has 31 heavy (non-hydrogen) atoms. The number of carbonyl (C=O) groups excluding carboxylic acids is 1. The number of rotatable bonds is 4. The lowest BCUT2D eigenvalue weighted by atomic mass is 9.87. The van der Waals surface area contributed by atoms with Crippen molar-refractivity contribution in [3.05, 3.63) is 89.8 Å². The molecule has 1 amide bonds. The molecule has 1 aliphatic carbocycles. The molecule has 1 aliphatic rings. The van der Waals surface area contributed by atoms with Gasteiger partial charge < -0.3 is 11.5 Å². The predicted octanol–water partition coefficient (Wildman–Crippen LogP) is 4.35. The molecular weight excluding hydrogens is 406 g/mol. The van der Waals surface area contributed by atoms with Gasteiger partial charge in [-0.25, -0.2) is 0 Å². The number of pyridine rings is 1. The van der Waals surface area contributed by atoms with Crippen molar-refractivity contribution in [3.8, 4) is 0 Å². The second-order valence-corrected chi connectivity index (χ2v) is 7.14. The SMILES string of the molecule is CNC(=O)CN=C(c1ccccc1)C1C=CC=C(C)C1.CNS.Cc1ccncc1.N. The molecule has 0 saturated carbocycles. The summed E-state index contributed by atoms with van der Waals surface area (Å²) in [4.78, 5) is 19.8. The quantitative estimate of drug-likeness (QED) is 0.418. The number of thiol groups is 1. The Morgan fingerprint density at radius 2 is 1.74 bits per heavy atom. The maximum atomic E-state index is 11.4. The Morgan fingerprint density at radius 3 is 2.23 bits per heavy atom. The molecule has 1 heterocycles. The van der Waals surface area contributed by atoms with Crippen LogP contribution >= 0.6 is 12.8 Å². The van der Waals surface area contributed by atoms with E-state index in [1.54, 1.807) is 26.5 Å². The molecule has 1 aromatic heterocycles. The zero-order valence-electron chi connectivity index (χ0n) is 18.9. The van der Waals surface area contributed by atoms with Crippen molar-refractivity contribution in [2.24, 2.45) is 10.9 Å². The van der Waals surface area contributed by atoms with Crippen LogP contribution in [-0.2, 0) is 4.79 Å². The molecule has 2 aromatic rings. The molecule has 0 saturated heterocycles. The molecule has 0 bridgehead atoms. The summed E-state index contributed by atoms with van der Waals surface area (Å²) in [6.07, 6.45) is 10.9. The Balaban J connectivity index is 0.000000682. The van der Waals surface area contributed by atoms with Gasteiger partial charge in [-0.2, -0.15) is 0 Å². The van der Waals surface area contributed by atoms with Gasteiger partial charge in [0, 0.05) is 31.1 Å². The molecule has 0 fully saturated rings. The third kappa shape index (κ3) is 11.9. The minimum absolute atomic E-state index is 0. The van der Waals surface area contributed by atoms with Crippen LogP contribution in [0, 0.1) is 12.8 Å². The maximum Gasteiger partial charge on any atom is 0.241 e. The Morgan fingerprint density at radius 1 is 1.13 bits per heavy atom. The van der Waals surface area contributed by atoms with Gasteiger partial charge in [0.15, 0.2) is 0 Å². The third-order valence-corrected chi connectivity index (χ3v) is 4.21. The van der Waals surface area contributed by atoms with Gasteiger partial charge in [0.05, 0.1) is 0 Å². The van der Waals surface area contributed by atoms with Gasteiger partial charge in [-0.05, 0) is 50.6 Å². The second kappa shape index (κ2) is 17.0. The molecule has 0 radical (unpaired) electrons. The lowest BCUT2D eigenvalue weighted by Crippen LogP contribution is -2.23. The molecule has 1 atom stereocenters. The van der Waals surface area contributed by atoms with Crippen LogP contribution in [0.2, 0.25) is 0 Å². The molecular formula is C24H35N5OS. The maximum absolute atomic E-state index is 11.4. The molecule has 1 aromatic carbocycles.